The van der Waals surface area contributed by atoms with Gasteiger partial charge >= 0.3 is 0 Å². The van der Waals surface area contributed by atoms with Gasteiger partial charge < -0.3 is 10.2 Å². The van der Waals surface area contributed by atoms with E-state index in [-0.39, 0.29) is 29.3 Å². The highest BCUT2D eigenvalue weighted by Crippen LogP contribution is 2.23. The van der Waals surface area contributed by atoms with Crippen molar-refractivity contribution in [3.63, 3.8) is 0 Å². The molecule has 92 valence electrons. The van der Waals surface area contributed by atoms with Crippen molar-refractivity contribution in [1.29, 1.82) is 0 Å². The molecule has 0 radical (unpaired) electrons. The van der Waals surface area contributed by atoms with E-state index in [1.807, 2.05) is 31.2 Å². The number of phenols is 2. The van der Waals surface area contributed by atoms with Crippen LogP contribution in [-0.2, 0) is 6.42 Å². The molecule has 3 heteroatoms. The van der Waals surface area contributed by atoms with Crippen LogP contribution >= 0.6 is 0 Å². The molecule has 2 N–H and O–H groups in total. The first-order valence-electron chi connectivity index (χ1n) is 5.67. The molecule has 0 saturated carbocycles. The molecule has 0 amide bonds. The predicted octanol–water partition coefficient (Wildman–Crippen LogP) is 2.83. The highest BCUT2D eigenvalue weighted by Gasteiger charge is 2.12. The second-order valence-electron chi connectivity index (χ2n) is 4.29. The van der Waals surface area contributed by atoms with Gasteiger partial charge in [0.05, 0.1) is 5.56 Å². The second kappa shape index (κ2) is 4.92. The van der Waals surface area contributed by atoms with Gasteiger partial charge in [-0.1, -0.05) is 29.8 Å². The van der Waals surface area contributed by atoms with E-state index in [9.17, 15) is 15.0 Å². The Kier molecular flexibility index (Phi) is 3.33. The molecule has 0 aliphatic heterocycles. The monoisotopic (exact) mass is 242 g/mol. The zero-order valence-corrected chi connectivity index (χ0v) is 10.1. The Morgan fingerprint density at radius 3 is 2.39 bits per heavy atom. The van der Waals surface area contributed by atoms with Crippen LogP contribution in [0.2, 0.25) is 0 Å². The quantitative estimate of drug-likeness (QED) is 0.642. The van der Waals surface area contributed by atoms with Crippen molar-refractivity contribution in [2.24, 2.45) is 0 Å². The molecular weight excluding hydrogens is 228 g/mol. The topological polar surface area (TPSA) is 57.5 Å². The van der Waals surface area contributed by atoms with Gasteiger partial charge in [0.1, 0.15) is 11.5 Å². The number of hydrogen-bond acceptors (Lipinski definition) is 3. The third kappa shape index (κ3) is 2.69. The first-order chi connectivity index (χ1) is 8.56. The molecule has 0 atom stereocenters. The zero-order valence-electron chi connectivity index (χ0n) is 10.1. The summed E-state index contributed by atoms with van der Waals surface area (Å²) in [5, 5.41) is 18.9. The average Bonchev–Trinajstić information content (AvgIpc) is 2.35. The Morgan fingerprint density at radius 2 is 1.72 bits per heavy atom. The van der Waals surface area contributed by atoms with Crippen LogP contribution in [-0.4, -0.2) is 16.0 Å². The third-order valence-corrected chi connectivity index (χ3v) is 2.77. The van der Waals surface area contributed by atoms with Gasteiger partial charge in [-0.15, -0.1) is 0 Å². The summed E-state index contributed by atoms with van der Waals surface area (Å²) in [6, 6.07) is 11.6. The van der Waals surface area contributed by atoms with Gasteiger partial charge in [-0.25, -0.2) is 0 Å². The molecule has 2 aromatic carbocycles. The maximum absolute atomic E-state index is 12.0. The molecule has 0 aliphatic carbocycles. The molecule has 2 rings (SSSR count). The van der Waals surface area contributed by atoms with Crippen molar-refractivity contribution in [3.8, 4) is 11.5 Å². The minimum Gasteiger partial charge on any atom is -0.508 e. The molecule has 0 unspecified atom stereocenters. The maximum Gasteiger partial charge on any atom is 0.171 e. The molecule has 0 heterocycles. The molecule has 0 saturated heterocycles. The van der Waals surface area contributed by atoms with Crippen LogP contribution in [0.1, 0.15) is 21.5 Å². The van der Waals surface area contributed by atoms with Crippen molar-refractivity contribution in [3.05, 3.63) is 59.2 Å². The van der Waals surface area contributed by atoms with Gasteiger partial charge in [-0.3, -0.25) is 4.79 Å². The van der Waals surface area contributed by atoms with E-state index < -0.39 is 0 Å². The third-order valence-electron chi connectivity index (χ3n) is 2.77. The van der Waals surface area contributed by atoms with Crippen molar-refractivity contribution in [2.45, 2.75) is 13.3 Å². The normalized spacial score (nSPS) is 10.3. The van der Waals surface area contributed by atoms with E-state index in [0.717, 1.165) is 11.1 Å². The zero-order chi connectivity index (χ0) is 13.1. The number of ketones is 1. The molecule has 0 bridgehead atoms. The van der Waals surface area contributed by atoms with Crippen molar-refractivity contribution >= 4 is 5.78 Å². The van der Waals surface area contributed by atoms with Crippen LogP contribution in [0.25, 0.3) is 0 Å². The van der Waals surface area contributed by atoms with E-state index in [1.54, 1.807) is 0 Å². The van der Waals surface area contributed by atoms with Crippen LogP contribution in [0.3, 0.4) is 0 Å². The number of aromatic hydroxyl groups is 2. The fourth-order valence-corrected chi connectivity index (χ4v) is 1.73. The largest absolute Gasteiger partial charge is 0.508 e. The highest BCUT2D eigenvalue weighted by atomic mass is 16.3. The summed E-state index contributed by atoms with van der Waals surface area (Å²) in [4.78, 5) is 12.0. The minimum atomic E-state index is -0.216. The number of benzene rings is 2. The number of carbonyl (C=O) groups excluding carboxylic acids is 1. The molecule has 0 spiro atoms. The smallest absolute Gasteiger partial charge is 0.171 e. The fraction of sp³-hybridized carbons (Fsp3) is 0.133. The average molecular weight is 242 g/mol. The van der Waals surface area contributed by atoms with Crippen molar-refractivity contribution in [2.75, 3.05) is 0 Å². The van der Waals surface area contributed by atoms with E-state index in [1.165, 1.54) is 18.2 Å². The summed E-state index contributed by atoms with van der Waals surface area (Å²) < 4.78 is 0. The standard InChI is InChI=1S/C15H14O3/c1-10-2-4-11(5-3-10)8-15(18)13-9-12(16)6-7-14(13)17/h2-7,9,16-17H,8H2,1H3. The summed E-state index contributed by atoms with van der Waals surface area (Å²) in [6.45, 7) is 1.98. The summed E-state index contributed by atoms with van der Waals surface area (Å²) in [7, 11) is 0. The van der Waals surface area contributed by atoms with Gasteiger partial charge in [0.25, 0.3) is 0 Å². The SMILES string of the molecule is Cc1ccc(CC(=O)c2cc(O)ccc2O)cc1. The number of carbonyl (C=O) groups is 1. The summed E-state index contributed by atoms with van der Waals surface area (Å²) in [5.74, 6) is -0.350. The molecule has 0 fully saturated rings. The maximum atomic E-state index is 12.0. The van der Waals surface area contributed by atoms with Gasteiger partial charge in [-0.2, -0.15) is 0 Å². The number of phenolic OH excluding ortho intramolecular Hbond substituents is 2. The Morgan fingerprint density at radius 1 is 1.06 bits per heavy atom. The first kappa shape index (κ1) is 12.2. The molecular formula is C15H14O3. The number of rotatable bonds is 3. The Labute approximate surface area is 105 Å². The Hall–Kier alpha value is -2.29. The van der Waals surface area contributed by atoms with Gasteiger partial charge in [-0.05, 0) is 30.7 Å². The number of Topliss-reactive ketones (excluding diaryl/α,β-unsaturated/α-hetero) is 1. The summed E-state index contributed by atoms with van der Waals surface area (Å²) in [5.41, 5.74) is 2.16. The Balaban J connectivity index is 2.21. The van der Waals surface area contributed by atoms with Crippen molar-refractivity contribution < 1.29 is 15.0 Å². The molecule has 0 aromatic heterocycles. The molecule has 18 heavy (non-hydrogen) atoms. The first-order valence-corrected chi connectivity index (χ1v) is 5.67. The predicted molar refractivity (Wildman–Crippen MR) is 69.0 cm³/mol. The van der Waals surface area contributed by atoms with Crippen LogP contribution in [0.15, 0.2) is 42.5 Å². The van der Waals surface area contributed by atoms with Crippen LogP contribution in [0.5, 0.6) is 11.5 Å². The number of aryl methyl sites for hydroxylation is 1. The van der Waals surface area contributed by atoms with E-state index in [2.05, 4.69) is 0 Å². The lowest BCUT2D eigenvalue weighted by Gasteiger charge is -2.05. The van der Waals surface area contributed by atoms with E-state index >= 15 is 0 Å². The van der Waals surface area contributed by atoms with Crippen LogP contribution < -0.4 is 0 Å². The second-order valence-corrected chi connectivity index (χ2v) is 4.29. The highest BCUT2D eigenvalue weighted by molar-refractivity contribution is 6.00. The van der Waals surface area contributed by atoms with Gasteiger partial charge in [0, 0.05) is 6.42 Å². The van der Waals surface area contributed by atoms with Crippen molar-refractivity contribution in [1.82, 2.24) is 0 Å². The summed E-state index contributed by atoms with van der Waals surface area (Å²) >= 11 is 0. The summed E-state index contributed by atoms with van der Waals surface area (Å²) in [6.07, 6.45) is 0.206. The minimum absolute atomic E-state index is 0.0277. The number of hydrogen-bond donors (Lipinski definition) is 2. The van der Waals surface area contributed by atoms with Crippen LogP contribution in [0.4, 0.5) is 0 Å². The van der Waals surface area contributed by atoms with E-state index in [4.69, 9.17) is 0 Å². The van der Waals surface area contributed by atoms with E-state index in [0.29, 0.717) is 0 Å². The lowest BCUT2D eigenvalue weighted by atomic mass is 10.0. The van der Waals surface area contributed by atoms with Gasteiger partial charge in [0.2, 0.25) is 0 Å². The molecule has 0 aliphatic rings. The lowest BCUT2D eigenvalue weighted by Crippen LogP contribution is -2.03. The van der Waals surface area contributed by atoms with Gasteiger partial charge in [0.15, 0.2) is 5.78 Å². The Bertz CT molecular complexity index is 571. The van der Waals surface area contributed by atoms with Crippen LogP contribution in [0, 0.1) is 6.92 Å². The lowest BCUT2D eigenvalue weighted by molar-refractivity contribution is 0.0990. The fourth-order valence-electron chi connectivity index (χ4n) is 1.73. The molecule has 2 aromatic rings. The molecule has 3 nitrogen and oxygen atoms in total.